The third-order valence-corrected chi connectivity index (χ3v) is 4.61. The summed E-state index contributed by atoms with van der Waals surface area (Å²) in [6.45, 7) is 3.94. The SMILES string of the molecule is Cc1ccc(C(=O)CCC(=O)Nc2ccc(C(=O)N(C)C)c(Cl)c2)cc1C. The fraction of sp³-hybridized carbons (Fsp3) is 0.286. The molecule has 0 aliphatic heterocycles. The lowest BCUT2D eigenvalue weighted by Crippen LogP contribution is -2.22. The van der Waals surface area contributed by atoms with Crippen LogP contribution in [0.2, 0.25) is 5.02 Å². The van der Waals surface area contributed by atoms with Crippen molar-refractivity contribution in [3.63, 3.8) is 0 Å². The van der Waals surface area contributed by atoms with E-state index in [0.29, 0.717) is 16.8 Å². The Balaban J connectivity index is 1.95. The summed E-state index contributed by atoms with van der Waals surface area (Å²) in [6.07, 6.45) is 0.195. The highest BCUT2D eigenvalue weighted by molar-refractivity contribution is 6.34. The predicted molar refractivity (Wildman–Crippen MR) is 108 cm³/mol. The van der Waals surface area contributed by atoms with Crippen molar-refractivity contribution < 1.29 is 14.4 Å². The quantitative estimate of drug-likeness (QED) is 0.754. The van der Waals surface area contributed by atoms with E-state index >= 15 is 0 Å². The van der Waals surface area contributed by atoms with Crippen LogP contribution in [-0.4, -0.2) is 36.6 Å². The third-order valence-electron chi connectivity index (χ3n) is 4.30. The maximum Gasteiger partial charge on any atom is 0.254 e. The van der Waals surface area contributed by atoms with Crippen molar-refractivity contribution in [1.82, 2.24) is 4.90 Å². The summed E-state index contributed by atoms with van der Waals surface area (Å²) in [6, 6.07) is 10.2. The van der Waals surface area contributed by atoms with Gasteiger partial charge in [0.05, 0.1) is 10.6 Å². The molecular formula is C21H23ClN2O3. The van der Waals surface area contributed by atoms with Gasteiger partial charge in [-0.25, -0.2) is 0 Å². The van der Waals surface area contributed by atoms with E-state index in [1.54, 1.807) is 32.3 Å². The van der Waals surface area contributed by atoms with Gasteiger partial charge >= 0.3 is 0 Å². The summed E-state index contributed by atoms with van der Waals surface area (Å²) in [5, 5.41) is 2.97. The number of nitrogens with zero attached hydrogens (tertiary/aromatic N) is 1. The number of hydrogen-bond donors (Lipinski definition) is 1. The molecule has 2 amide bonds. The molecule has 0 bridgehead atoms. The van der Waals surface area contributed by atoms with Gasteiger partial charge in [0.2, 0.25) is 5.91 Å². The summed E-state index contributed by atoms with van der Waals surface area (Å²) in [5.41, 5.74) is 3.63. The van der Waals surface area contributed by atoms with Gasteiger partial charge in [-0.1, -0.05) is 23.7 Å². The fourth-order valence-electron chi connectivity index (χ4n) is 2.52. The first kappa shape index (κ1) is 20.6. The van der Waals surface area contributed by atoms with Gasteiger partial charge in [0.25, 0.3) is 5.91 Å². The minimum absolute atomic E-state index is 0.0711. The van der Waals surface area contributed by atoms with Gasteiger partial charge in [0, 0.05) is 38.2 Å². The Morgan fingerprint density at radius 1 is 0.963 bits per heavy atom. The largest absolute Gasteiger partial charge is 0.345 e. The van der Waals surface area contributed by atoms with Crippen LogP contribution < -0.4 is 5.32 Å². The highest BCUT2D eigenvalue weighted by Crippen LogP contribution is 2.22. The minimum Gasteiger partial charge on any atom is -0.345 e. The molecule has 0 spiro atoms. The van der Waals surface area contributed by atoms with Gasteiger partial charge in [0.15, 0.2) is 5.78 Å². The van der Waals surface area contributed by atoms with Crippen molar-refractivity contribution in [2.45, 2.75) is 26.7 Å². The maximum absolute atomic E-state index is 12.3. The number of Topliss-reactive ketones (excluding diaryl/α,β-unsaturated/α-hetero) is 1. The number of benzene rings is 2. The van der Waals surface area contributed by atoms with Crippen molar-refractivity contribution in [3.8, 4) is 0 Å². The number of amides is 2. The molecule has 0 fully saturated rings. The van der Waals surface area contributed by atoms with E-state index in [2.05, 4.69) is 5.32 Å². The van der Waals surface area contributed by atoms with Gasteiger partial charge in [0.1, 0.15) is 0 Å². The van der Waals surface area contributed by atoms with Gasteiger partial charge in [-0.05, 0) is 49.2 Å². The monoisotopic (exact) mass is 386 g/mol. The zero-order valence-corrected chi connectivity index (χ0v) is 16.7. The first-order valence-electron chi connectivity index (χ1n) is 8.60. The highest BCUT2D eigenvalue weighted by Gasteiger charge is 2.14. The lowest BCUT2D eigenvalue weighted by molar-refractivity contribution is -0.116. The summed E-state index contributed by atoms with van der Waals surface area (Å²) in [5.74, 6) is -0.565. The Kier molecular flexibility index (Phi) is 6.75. The Bertz CT molecular complexity index is 891. The average Bonchev–Trinajstić information content (AvgIpc) is 2.61. The van der Waals surface area contributed by atoms with Crippen LogP contribution in [0.4, 0.5) is 5.69 Å². The van der Waals surface area contributed by atoms with Gasteiger partial charge in [-0.15, -0.1) is 0 Å². The van der Waals surface area contributed by atoms with Crippen molar-refractivity contribution in [1.29, 1.82) is 0 Å². The van der Waals surface area contributed by atoms with Crippen molar-refractivity contribution in [3.05, 3.63) is 63.7 Å². The molecule has 0 aliphatic rings. The number of nitrogens with one attached hydrogen (secondary N) is 1. The van der Waals surface area contributed by atoms with Crippen molar-refractivity contribution in [2.75, 3.05) is 19.4 Å². The molecule has 27 heavy (non-hydrogen) atoms. The molecule has 2 aromatic carbocycles. The lowest BCUT2D eigenvalue weighted by atomic mass is 10.0. The number of anilines is 1. The molecule has 1 N–H and O–H groups in total. The van der Waals surface area contributed by atoms with Crippen LogP contribution in [-0.2, 0) is 4.79 Å². The Labute approximate surface area is 164 Å². The van der Waals surface area contributed by atoms with E-state index in [1.807, 2.05) is 26.0 Å². The smallest absolute Gasteiger partial charge is 0.254 e. The average molecular weight is 387 g/mol. The fourth-order valence-corrected chi connectivity index (χ4v) is 2.78. The standard InChI is InChI=1S/C21H23ClN2O3/c1-13-5-6-15(11-14(13)2)19(25)9-10-20(26)23-16-7-8-17(18(22)12-16)21(27)24(3)4/h5-8,11-12H,9-10H2,1-4H3,(H,23,26). The number of aryl methyl sites for hydroxylation is 2. The van der Waals surface area contributed by atoms with E-state index in [0.717, 1.165) is 11.1 Å². The van der Waals surface area contributed by atoms with Crippen LogP contribution in [0.1, 0.15) is 44.7 Å². The molecule has 0 atom stereocenters. The number of hydrogen-bond acceptors (Lipinski definition) is 3. The van der Waals surface area contributed by atoms with Crippen LogP contribution in [0, 0.1) is 13.8 Å². The molecule has 0 heterocycles. The molecule has 2 rings (SSSR count). The molecule has 5 nitrogen and oxygen atoms in total. The highest BCUT2D eigenvalue weighted by atomic mass is 35.5. The molecule has 2 aromatic rings. The maximum atomic E-state index is 12.3. The second kappa shape index (κ2) is 8.82. The van der Waals surface area contributed by atoms with Crippen LogP contribution >= 0.6 is 11.6 Å². The topological polar surface area (TPSA) is 66.5 Å². The molecule has 0 radical (unpaired) electrons. The zero-order chi connectivity index (χ0) is 20.1. The molecule has 142 valence electrons. The van der Waals surface area contributed by atoms with Gasteiger partial charge in [-0.3, -0.25) is 14.4 Å². The third kappa shape index (κ3) is 5.41. The van der Waals surface area contributed by atoms with Crippen molar-refractivity contribution in [2.24, 2.45) is 0 Å². The second-order valence-corrected chi connectivity index (χ2v) is 7.07. The predicted octanol–water partition coefficient (Wildman–Crippen LogP) is 4.26. The molecule has 6 heteroatoms. The second-order valence-electron chi connectivity index (χ2n) is 6.66. The van der Waals surface area contributed by atoms with Gasteiger partial charge in [-0.2, -0.15) is 0 Å². The molecule has 0 aromatic heterocycles. The van der Waals surface area contributed by atoms with Gasteiger partial charge < -0.3 is 10.2 Å². The Morgan fingerprint density at radius 3 is 2.26 bits per heavy atom. The first-order chi connectivity index (χ1) is 12.7. The van der Waals surface area contributed by atoms with E-state index < -0.39 is 0 Å². The Morgan fingerprint density at radius 2 is 1.67 bits per heavy atom. The Hall–Kier alpha value is -2.66. The van der Waals surface area contributed by atoms with Crippen molar-refractivity contribution >= 4 is 34.9 Å². The summed E-state index contributed by atoms with van der Waals surface area (Å²) in [4.78, 5) is 37.8. The number of halogens is 1. The summed E-state index contributed by atoms with van der Waals surface area (Å²) in [7, 11) is 3.28. The first-order valence-corrected chi connectivity index (χ1v) is 8.98. The van der Waals surface area contributed by atoms with Crippen LogP contribution in [0.15, 0.2) is 36.4 Å². The van der Waals surface area contributed by atoms with E-state index in [4.69, 9.17) is 11.6 Å². The lowest BCUT2D eigenvalue weighted by Gasteiger charge is -2.12. The number of carbonyl (C=O) groups excluding carboxylic acids is 3. The molecule has 0 unspecified atom stereocenters. The van der Waals surface area contributed by atoms with E-state index in [1.165, 1.54) is 11.0 Å². The van der Waals surface area contributed by atoms with E-state index in [-0.39, 0.29) is 35.5 Å². The summed E-state index contributed by atoms with van der Waals surface area (Å²) >= 11 is 6.13. The zero-order valence-electron chi connectivity index (χ0n) is 15.9. The molecule has 0 saturated heterocycles. The van der Waals surface area contributed by atoms with E-state index in [9.17, 15) is 14.4 Å². The number of rotatable bonds is 6. The number of carbonyl (C=O) groups is 3. The summed E-state index contributed by atoms with van der Waals surface area (Å²) < 4.78 is 0. The van der Waals surface area contributed by atoms with Crippen LogP contribution in [0.25, 0.3) is 0 Å². The molecular weight excluding hydrogens is 364 g/mol. The molecule has 0 saturated carbocycles. The number of ketones is 1. The van der Waals surface area contributed by atoms with Crippen LogP contribution in [0.3, 0.4) is 0 Å². The molecule has 0 aliphatic carbocycles. The van der Waals surface area contributed by atoms with Crippen LogP contribution in [0.5, 0.6) is 0 Å². The minimum atomic E-state index is -0.282. The normalized spacial score (nSPS) is 10.4.